The molecule has 0 bridgehead atoms. The van der Waals surface area contributed by atoms with Crippen LogP contribution in [0.3, 0.4) is 0 Å². The molecule has 1 aromatic carbocycles. The van der Waals surface area contributed by atoms with Gasteiger partial charge in [0.15, 0.2) is 0 Å². The lowest BCUT2D eigenvalue weighted by Crippen LogP contribution is -2.21. The Morgan fingerprint density at radius 2 is 1.92 bits per heavy atom. The second-order valence-electron chi connectivity index (χ2n) is 3.13. The lowest BCUT2D eigenvalue weighted by molar-refractivity contribution is 0.565. The lowest BCUT2D eigenvalue weighted by atomic mass is 10.2. The van der Waals surface area contributed by atoms with Crippen LogP contribution in [0.1, 0.15) is 5.56 Å². The minimum absolute atomic E-state index is 0.721. The molecular formula is C9H13ClOSi. The molecule has 1 unspecified atom stereocenters. The Bertz CT molecular complexity index is 230. The summed E-state index contributed by atoms with van der Waals surface area (Å²) in [5.74, 6) is 0. The van der Waals surface area contributed by atoms with E-state index in [1.54, 1.807) is 6.55 Å². The molecular weight excluding hydrogens is 188 g/mol. The molecule has 0 spiro atoms. The monoisotopic (exact) mass is 200 g/mol. The van der Waals surface area contributed by atoms with E-state index in [9.17, 15) is 4.80 Å². The maximum atomic E-state index is 9.38. The van der Waals surface area contributed by atoms with Crippen LogP contribution < -0.4 is 0 Å². The first-order chi connectivity index (χ1) is 5.58. The van der Waals surface area contributed by atoms with Gasteiger partial charge in [0.1, 0.15) is 0 Å². The van der Waals surface area contributed by atoms with E-state index in [-0.39, 0.29) is 0 Å². The van der Waals surface area contributed by atoms with Crippen molar-refractivity contribution in [3.63, 3.8) is 0 Å². The molecule has 1 atom stereocenters. The van der Waals surface area contributed by atoms with Crippen molar-refractivity contribution < 1.29 is 4.80 Å². The summed E-state index contributed by atoms with van der Waals surface area (Å²) in [6, 6.07) is 10.8. The predicted molar refractivity (Wildman–Crippen MR) is 54.6 cm³/mol. The Morgan fingerprint density at radius 3 is 2.42 bits per heavy atom. The number of hydrogen-bond donors (Lipinski definition) is 1. The highest BCUT2D eigenvalue weighted by Gasteiger charge is 2.19. The lowest BCUT2D eigenvalue weighted by Gasteiger charge is -2.09. The molecule has 0 aliphatic rings. The van der Waals surface area contributed by atoms with Gasteiger partial charge in [0.05, 0.1) is 0 Å². The van der Waals surface area contributed by atoms with Gasteiger partial charge in [0.25, 0.3) is 7.63 Å². The van der Waals surface area contributed by atoms with Crippen LogP contribution in [0.25, 0.3) is 0 Å². The SMILES string of the molecule is C[Si](O)(Cl)CCc1ccccc1. The second-order valence-corrected chi connectivity index (χ2v) is 8.36. The average molecular weight is 201 g/mol. The highest BCUT2D eigenvalue weighted by atomic mass is 35.6. The first-order valence-corrected chi connectivity index (χ1v) is 7.70. The molecule has 0 aliphatic carbocycles. The summed E-state index contributed by atoms with van der Waals surface area (Å²) in [4.78, 5) is 9.38. The molecule has 1 N–H and O–H groups in total. The molecule has 0 heterocycles. The third-order valence-corrected chi connectivity index (χ3v) is 3.44. The van der Waals surface area contributed by atoms with E-state index in [1.165, 1.54) is 5.56 Å². The maximum Gasteiger partial charge on any atom is 0.284 e. The Balaban J connectivity index is 2.44. The minimum atomic E-state index is -2.37. The molecule has 1 aromatic rings. The standard InChI is InChI=1S/C9H13ClOSi/c1-12(10,11)8-7-9-5-3-2-4-6-9/h2-6,11H,7-8H2,1H3. The van der Waals surface area contributed by atoms with Gasteiger partial charge in [0, 0.05) is 0 Å². The van der Waals surface area contributed by atoms with E-state index in [4.69, 9.17) is 11.1 Å². The van der Waals surface area contributed by atoms with Crippen molar-refractivity contribution >= 4 is 18.7 Å². The normalized spacial score (nSPS) is 15.6. The van der Waals surface area contributed by atoms with Crippen LogP contribution in [0.5, 0.6) is 0 Å². The van der Waals surface area contributed by atoms with Gasteiger partial charge < -0.3 is 4.80 Å². The van der Waals surface area contributed by atoms with Gasteiger partial charge in [-0.3, -0.25) is 0 Å². The van der Waals surface area contributed by atoms with Crippen LogP contribution in [-0.4, -0.2) is 12.4 Å². The zero-order chi connectivity index (χ0) is 9.03. The van der Waals surface area contributed by atoms with Gasteiger partial charge in [-0.1, -0.05) is 30.3 Å². The van der Waals surface area contributed by atoms with Crippen LogP contribution in [0.15, 0.2) is 30.3 Å². The molecule has 12 heavy (non-hydrogen) atoms. The fourth-order valence-corrected chi connectivity index (χ4v) is 2.05. The quantitative estimate of drug-likeness (QED) is 0.588. The van der Waals surface area contributed by atoms with Gasteiger partial charge in [-0.2, -0.15) is 0 Å². The third-order valence-electron chi connectivity index (χ3n) is 1.71. The van der Waals surface area contributed by atoms with Crippen molar-refractivity contribution in [2.45, 2.75) is 19.0 Å². The molecule has 0 aliphatic heterocycles. The van der Waals surface area contributed by atoms with Crippen molar-refractivity contribution in [3.8, 4) is 0 Å². The van der Waals surface area contributed by atoms with Crippen molar-refractivity contribution in [2.24, 2.45) is 0 Å². The van der Waals surface area contributed by atoms with E-state index in [1.807, 2.05) is 18.2 Å². The number of aryl methyl sites for hydroxylation is 1. The average Bonchev–Trinajstić information content (AvgIpc) is 2.02. The van der Waals surface area contributed by atoms with Crippen LogP contribution >= 0.6 is 11.1 Å². The fraction of sp³-hybridized carbons (Fsp3) is 0.333. The van der Waals surface area contributed by atoms with Gasteiger partial charge >= 0.3 is 0 Å². The van der Waals surface area contributed by atoms with Crippen LogP contribution in [0.4, 0.5) is 0 Å². The highest BCUT2D eigenvalue weighted by Crippen LogP contribution is 2.14. The molecule has 0 saturated carbocycles. The summed E-state index contributed by atoms with van der Waals surface area (Å²) in [6.45, 7) is 1.75. The Kier molecular flexibility index (Phi) is 3.32. The summed E-state index contributed by atoms with van der Waals surface area (Å²) in [5.41, 5.74) is 1.24. The highest BCUT2D eigenvalue weighted by molar-refractivity contribution is 7.15. The molecule has 0 amide bonds. The van der Waals surface area contributed by atoms with E-state index in [2.05, 4.69) is 12.1 Å². The van der Waals surface area contributed by atoms with Crippen molar-refractivity contribution in [1.82, 2.24) is 0 Å². The van der Waals surface area contributed by atoms with Crippen LogP contribution in [0.2, 0.25) is 12.6 Å². The summed E-state index contributed by atoms with van der Waals surface area (Å²) in [5, 5.41) is 0. The summed E-state index contributed by atoms with van der Waals surface area (Å²) >= 11 is 5.78. The molecule has 0 saturated heterocycles. The Hall–Kier alpha value is -0.313. The number of rotatable bonds is 3. The van der Waals surface area contributed by atoms with Crippen molar-refractivity contribution in [1.29, 1.82) is 0 Å². The zero-order valence-corrected chi connectivity index (χ0v) is 8.88. The first-order valence-electron chi connectivity index (χ1n) is 4.03. The summed E-state index contributed by atoms with van der Waals surface area (Å²) in [7, 11) is -2.37. The molecule has 1 rings (SSSR count). The smallest absolute Gasteiger partial charge is 0.284 e. The van der Waals surface area contributed by atoms with E-state index >= 15 is 0 Å². The van der Waals surface area contributed by atoms with E-state index in [0.717, 1.165) is 12.5 Å². The van der Waals surface area contributed by atoms with E-state index in [0.29, 0.717) is 0 Å². The first kappa shape index (κ1) is 9.77. The van der Waals surface area contributed by atoms with Crippen molar-refractivity contribution in [3.05, 3.63) is 35.9 Å². The van der Waals surface area contributed by atoms with E-state index < -0.39 is 7.63 Å². The summed E-state index contributed by atoms with van der Waals surface area (Å²) < 4.78 is 0. The molecule has 0 aromatic heterocycles. The number of halogens is 1. The molecule has 0 fully saturated rings. The number of hydrogen-bond acceptors (Lipinski definition) is 1. The largest absolute Gasteiger partial charge is 0.420 e. The Morgan fingerprint density at radius 1 is 1.33 bits per heavy atom. The maximum absolute atomic E-state index is 9.38. The molecule has 3 heteroatoms. The van der Waals surface area contributed by atoms with Gasteiger partial charge in [-0.15, -0.1) is 11.1 Å². The van der Waals surface area contributed by atoms with Crippen molar-refractivity contribution in [2.75, 3.05) is 0 Å². The van der Waals surface area contributed by atoms with Gasteiger partial charge in [-0.25, -0.2) is 0 Å². The fourth-order valence-electron chi connectivity index (χ4n) is 1.02. The summed E-state index contributed by atoms with van der Waals surface area (Å²) in [6.07, 6.45) is 0.879. The van der Waals surface area contributed by atoms with Gasteiger partial charge in [-0.05, 0) is 24.6 Å². The Labute approximate surface area is 78.8 Å². The predicted octanol–water partition coefficient (Wildman–Crippen LogP) is 2.53. The molecule has 66 valence electrons. The topological polar surface area (TPSA) is 20.2 Å². The van der Waals surface area contributed by atoms with Gasteiger partial charge in [0.2, 0.25) is 0 Å². The zero-order valence-electron chi connectivity index (χ0n) is 7.13. The third kappa shape index (κ3) is 3.90. The number of benzene rings is 1. The second kappa shape index (κ2) is 4.08. The van der Waals surface area contributed by atoms with Crippen LogP contribution in [0, 0.1) is 0 Å². The molecule has 1 nitrogen and oxygen atoms in total. The molecule has 0 radical (unpaired) electrons. The minimum Gasteiger partial charge on any atom is -0.420 e. The van der Waals surface area contributed by atoms with Crippen LogP contribution in [-0.2, 0) is 6.42 Å².